The van der Waals surface area contributed by atoms with E-state index in [1.807, 2.05) is 12.1 Å². The molecule has 2 rings (SSSR count). The van der Waals surface area contributed by atoms with Crippen molar-refractivity contribution >= 4 is 15.9 Å². The van der Waals surface area contributed by atoms with E-state index in [9.17, 15) is 0 Å². The van der Waals surface area contributed by atoms with E-state index in [2.05, 4.69) is 32.9 Å². The Morgan fingerprint density at radius 1 is 1.64 bits per heavy atom. The number of hydrogen-bond donors (Lipinski definition) is 0. The van der Waals surface area contributed by atoms with Gasteiger partial charge < -0.3 is 9.64 Å². The molecule has 14 heavy (non-hydrogen) atoms. The minimum absolute atomic E-state index is 0.117. The van der Waals surface area contributed by atoms with Crippen molar-refractivity contribution in [1.82, 2.24) is 9.88 Å². The molecule has 1 aromatic rings. The van der Waals surface area contributed by atoms with Crippen LogP contribution in [0.1, 0.15) is 11.8 Å². The third-order valence-corrected chi connectivity index (χ3v) is 2.84. The van der Waals surface area contributed by atoms with Crippen LogP contribution in [-0.2, 0) is 4.74 Å². The molecule has 0 spiro atoms. The van der Waals surface area contributed by atoms with Gasteiger partial charge in [-0.2, -0.15) is 0 Å². The molecule has 76 valence electrons. The van der Waals surface area contributed by atoms with Gasteiger partial charge in [0, 0.05) is 23.8 Å². The third-order valence-electron chi connectivity index (χ3n) is 2.34. The number of nitrogens with zero attached hydrogens (tertiary/aromatic N) is 2. The van der Waals surface area contributed by atoms with Gasteiger partial charge in [-0.05, 0) is 19.2 Å². The molecule has 4 heteroatoms. The molecular formula is C10H13BrN2O. The van der Waals surface area contributed by atoms with Crippen LogP contribution in [0, 0.1) is 0 Å². The van der Waals surface area contributed by atoms with Gasteiger partial charge in [-0.15, -0.1) is 0 Å². The van der Waals surface area contributed by atoms with Crippen molar-refractivity contribution in [2.45, 2.75) is 6.10 Å². The van der Waals surface area contributed by atoms with Crippen molar-refractivity contribution in [2.24, 2.45) is 0 Å². The van der Waals surface area contributed by atoms with E-state index in [-0.39, 0.29) is 6.10 Å². The second-order valence-corrected chi connectivity index (χ2v) is 4.44. The standard InChI is InChI=1S/C10H13BrN2O/c1-13-4-5-14-10(7-13)9-6-8(11)2-3-12-9/h2-3,6,10H,4-5,7H2,1H3. The Morgan fingerprint density at radius 3 is 3.21 bits per heavy atom. The predicted octanol–water partition coefficient (Wildman–Crippen LogP) is 1.85. The van der Waals surface area contributed by atoms with Crippen molar-refractivity contribution in [1.29, 1.82) is 0 Å². The largest absolute Gasteiger partial charge is 0.369 e. The number of likely N-dealkylation sites (N-methyl/N-ethyl adjacent to an activating group) is 1. The fourth-order valence-corrected chi connectivity index (χ4v) is 1.91. The highest BCUT2D eigenvalue weighted by molar-refractivity contribution is 9.10. The lowest BCUT2D eigenvalue weighted by Crippen LogP contribution is -2.35. The van der Waals surface area contributed by atoms with Crippen LogP contribution in [0.4, 0.5) is 0 Å². The van der Waals surface area contributed by atoms with Gasteiger partial charge in [-0.3, -0.25) is 4.98 Å². The van der Waals surface area contributed by atoms with Gasteiger partial charge >= 0.3 is 0 Å². The lowest BCUT2D eigenvalue weighted by atomic mass is 10.2. The van der Waals surface area contributed by atoms with Crippen molar-refractivity contribution < 1.29 is 4.74 Å². The molecule has 3 nitrogen and oxygen atoms in total. The number of rotatable bonds is 1. The molecule has 0 amide bonds. The molecule has 1 aliphatic rings. The van der Waals surface area contributed by atoms with Gasteiger partial charge in [0.05, 0.1) is 12.3 Å². The van der Waals surface area contributed by atoms with Gasteiger partial charge in [0.1, 0.15) is 6.10 Å². The molecule has 1 unspecified atom stereocenters. The first kappa shape index (κ1) is 10.1. The number of ether oxygens (including phenoxy) is 1. The third kappa shape index (κ3) is 2.32. The van der Waals surface area contributed by atoms with Crippen LogP contribution in [0.5, 0.6) is 0 Å². The van der Waals surface area contributed by atoms with E-state index in [0.29, 0.717) is 0 Å². The fourth-order valence-electron chi connectivity index (χ4n) is 1.55. The van der Waals surface area contributed by atoms with E-state index in [1.165, 1.54) is 0 Å². The molecule has 0 bridgehead atoms. The number of halogens is 1. The SMILES string of the molecule is CN1CCOC(c2cc(Br)ccn2)C1. The Bertz CT molecular complexity index is 319. The molecule has 0 aliphatic carbocycles. The van der Waals surface area contributed by atoms with Crippen LogP contribution in [0.15, 0.2) is 22.8 Å². The summed E-state index contributed by atoms with van der Waals surface area (Å²) in [6.45, 7) is 2.71. The first-order valence-corrected chi connectivity index (χ1v) is 5.46. The average molecular weight is 257 g/mol. The molecule has 1 atom stereocenters. The first-order chi connectivity index (χ1) is 6.75. The van der Waals surface area contributed by atoms with Gasteiger partial charge in [0.15, 0.2) is 0 Å². The second kappa shape index (κ2) is 4.38. The van der Waals surface area contributed by atoms with Crippen molar-refractivity contribution in [3.05, 3.63) is 28.5 Å². The topological polar surface area (TPSA) is 25.4 Å². The highest BCUT2D eigenvalue weighted by atomic mass is 79.9. The predicted molar refractivity (Wildman–Crippen MR) is 58.1 cm³/mol. The van der Waals surface area contributed by atoms with Gasteiger partial charge in [-0.25, -0.2) is 0 Å². The first-order valence-electron chi connectivity index (χ1n) is 4.67. The number of hydrogen-bond acceptors (Lipinski definition) is 3. The highest BCUT2D eigenvalue weighted by Gasteiger charge is 2.20. The summed E-state index contributed by atoms with van der Waals surface area (Å²) in [6.07, 6.45) is 1.92. The molecule has 0 N–H and O–H groups in total. The summed E-state index contributed by atoms with van der Waals surface area (Å²) in [6, 6.07) is 3.94. The average Bonchev–Trinajstić information content (AvgIpc) is 2.18. The zero-order valence-corrected chi connectivity index (χ0v) is 9.70. The molecule has 1 fully saturated rings. The van der Waals surface area contributed by atoms with Crippen LogP contribution < -0.4 is 0 Å². The van der Waals surface area contributed by atoms with Crippen molar-refractivity contribution in [3.63, 3.8) is 0 Å². The zero-order valence-electron chi connectivity index (χ0n) is 8.11. The van der Waals surface area contributed by atoms with Crippen LogP contribution in [-0.4, -0.2) is 36.6 Å². The normalized spacial score (nSPS) is 23.7. The fraction of sp³-hybridized carbons (Fsp3) is 0.500. The Morgan fingerprint density at radius 2 is 2.50 bits per heavy atom. The minimum Gasteiger partial charge on any atom is -0.369 e. The van der Waals surface area contributed by atoms with Crippen LogP contribution in [0.25, 0.3) is 0 Å². The summed E-state index contributed by atoms with van der Waals surface area (Å²) >= 11 is 3.43. The molecule has 2 heterocycles. The summed E-state index contributed by atoms with van der Waals surface area (Å²) in [5.74, 6) is 0. The molecule has 1 saturated heterocycles. The molecule has 0 saturated carbocycles. The summed E-state index contributed by atoms with van der Waals surface area (Å²) in [7, 11) is 2.10. The summed E-state index contributed by atoms with van der Waals surface area (Å²) < 4.78 is 6.72. The maximum absolute atomic E-state index is 5.66. The maximum Gasteiger partial charge on any atom is 0.112 e. The Kier molecular flexibility index (Phi) is 3.15. The lowest BCUT2D eigenvalue weighted by Gasteiger charge is -2.29. The summed E-state index contributed by atoms with van der Waals surface area (Å²) in [4.78, 5) is 6.58. The zero-order chi connectivity index (χ0) is 9.97. The molecule has 1 aromatic heterocycles. The number of aromatic nitrogens is 1. The number of morpholine rings is 1. The van der Waals surface area contributed by atoms with E-state index >= 15 is 0 Å². The number of pyridine rings is 1. The van der Waals surface area contributed by atoms with Gasteiger partial charge in [-0.1, -0.05) is 15.9 Å². The lowest BCUT2D eigenvalue weighted by molar-refractivity contribution is -0.0231. The Balaban J connectivity index is 2.14. The van der Waals surface area contributed by atoms with E-state index < -0.39 is 0 Å². The van der Waals surface area contributed by atoms with Gasteiger partial charge in [0.2, 0.25) is 0 Å². The summed E-state index contributed by atoms with van der Waals surface area (Å²) in [5, 5.41) is 0. The monoisotopic (exact) mass is 256 g/mol. The molecular weight excluding hydrogens is 244 g/mol. The van der Waals surface area contributed by atoms with Crippen LogP contribution in [0.3, 0.4) is 0 Å². The smallest absolute Gasteiger partial charge is 0.112 e. The van der Waals surface area contributed by atoms with E-state index in [0.717, 1.165) is 29.9 Å². The molecule has 0 radical (unpaired) electrons. The minimum atomic E-state index is 0.117. The second-order valence-electron chi connectivity index (χ2n) is 3.52. The Hall–Kier alpha value is -0.450. The Labute approximate surface area is 92.2 Å². The quantitative estimate of drug-likeness (QED) is 0.767. The maximum atomic E-state index is 5.66. The molecule has 0 aromatic carbocycles. The van der Waals surface area contributed by atoms with Crippen molar-refractivity contribution in [2.75, 3.05) is 26.7 Å². The summed E-state index contributed by atoms with van der Waals surface area (Å²) in [5.41, 5.74) is 1.01. The van der Waals surface area contributed by atoms with E-state index in [1.54, 1.807) is 6.20 Å². The highest BCUT2D eigenvalue weighted by Crippen LogP contribution is 2.21. The van der Waals surface area contributed by atoms with Gasteiger partial charge in [0.25, 0.3) is 0 Å². The van der Waals surface area contributed by atoms with Crippen molar-refractivity contribution in [3.8, 4) is 0 Å². The van der Waals surface area contributed by atoms with Crippen LogP contribution in [0.2, 0.25) is 0 Å². The molecule has 1 aliphatic heterocycles. The van der Waals surface area contributed by atoms with E-state index in [4.69, 9.17) is 4.74 Å². The van der Waals surface area contributed by atoms with Crippen LogP contribution >= 0.6 is 15.9 Å².